The highest BCUT2D eigenvalue weighted by atomic mass is 19.1. The average molecular weight is 310 g/mol. The molecule has 0 aliphatic carbocycles. The van der Waals surface area contributed by atoms with E-state index in [1.165, 1.54) is 12.4 Å². The van der Waals surface area contributed by atoms with Crippen molar-refractivity contribution in [3.8, 4) is 11.1 Å². The number of aromatic amines is 1. The van der Waals surface area contributed by atoms with Crippen molar-refractivity contribution in [2.24, 2.45) is 0 Å². The summed E-state index contributed by atoms with van der Waals surface area (Å²) in [5, 5.41) is 8.80. The molecule has 1 amide bonds. The normalized spacial score (nSPS) is 11.9. The Labute approximate surface area is 132 Å². The molecule has 2 N–H and O–H groups in total. The Morgan fingerprint density at radius 3 is 2.65 bits per heavy atom. The quantitative estimate of drug-likeness (QED) is 0.776. The van der Waals surface area contributed by atoms with Gasteiger partial charge in [-0.1, -0.05) is 42.5 Å². The van der Waals surface area contributed by atoms with Crippen LogP contribution >= 0.6 is 0 Å². The Morgan fingerprint density at radius 1 is 1.22 bits per heavy atom. The van der Waals surface area contributed by atoms with Gasteiger partial charge in [-0.15, -0.1) is 0 Å². The summed E-state index contributed by atoms with van der Waals surface area (Å²) in [6.45, 7) is 1.71. The highest BCUT2D eigenvalue weighted by molar-refractivity contribution is 5.94. The molecular weight excluding hydrogens is 295 g/mol. The van der Waals surface area contributed by atoms with Crippen molar-refractivity contribution >= 4 is 11.9 Å². The summed E-state index contributed by atoms with van der Waals surface area (Å²) in [5.41, 5.74) is 1.91. The summed E-state index contributed by atoms with van der Waals surface area (Å²) in [5.74, 6) is -0.885. The number of aromatic nitrogens is 3. The van der Waals surface area contributed by atoms with Gasteiger partial charge in [0.05, 0.1) is 5.92 Å². The lowest BCUT2D eigenvalue weighted by Gasteiger charge is -2.12. The second-order valence-electron chi connectivity index (χ2n) is 5.15. The highest BCUT2D eigenvalue weighted by Crippen LogP contribution is 2.26. The maximum absolute atomic E-state index is 14.4. The number of anilines is 1. The zero-order valence-electron chi connectivity index (χ0n) is 12.5. The molecule has 1 heterocycles. The number of benzene rings is 2. The Morgan fingerprint density at radius 2 is 2.00 bits per heavy atom. The Kier molecular flexibility index (Phi) is 4.14. The Bertz CT molecular complexity index is 803. The van der Waals surface area contributed by atoms with Crippen LogP contribution in [0.15, 0.2) is 54.9 Å². The van der Waals surface area contributed by atoms with Gasteiger partial charge in [0.25, 0.3) is 0 Å². The van der Waals surface area contributed by atoms with Crippen molar-refractivity contribution in [2.75, 3.05) is 5.32 Å². The highest BCUT2D eigenvalue weighted by Gasteiger charge is 2.18. The molecule has 5 nitrogen and oxygen atoms in total. The monoisotopic (exact) mass is 310 g/mol. The molecule has 0 bridgehead atoms. The first-order valence-electron chi connectivity index (χ1n) is 7.16. The third-order valence-electron chi connectivity index (χ3n) is 3.63. The number of amides is 1. The van der Waals surface area contributed by atoms with E-state index in [2.05, 4.69) is 20.5 Å². The van der Waals surface area contributed by atoms with E-state index < -0.39 is 5.92 Å². The molecule has 0 saturated heterocycles. The largest absolute Gasteiger partial charge is 0.294 e. The number of hydrogen-bond donors (Lipinski definition) is 2. The van der Waals surface area contributed by atoms with Crippen LogP contribution < -0.4 is 5.32 Å². The minimum atomic E-state index is -0.514. The number of nitrogens with one attached hydrogen (secondary N) is 2. The van der Waals surface area contributed by atoms with E-state index in [-0.39, 0.29) is 17.7 Å². The molecule has 0 aliphatic rings. The van der Waals surface area contributed by atoms with Gasteiger partial charge in [0.1, 0.15) is 12.1 Å². The van der Waals surface area contributed by atoms with E-state index in [0.717, 1.165) is 5.56 Å². The van der Waals surface area contributed by atoms with Gasteiger partial charge in [-0.05, 0) is 24.1 Å². The fourth-order valence-corrected chi connectivity index (χ4v) is 2.29. The zero-order chi connectivity index (χ0) is 16.2. The van der Waals surface area contributed by atoms with Gasteiger partial charge in [0.15, 0.2) is 0 Å². The summed E-state index contributed by atoms with van der Waals surface area (Å²) in [6.07, 6.45) is 1.30. The zero-order valence-corrected chi connectivity index (χ0v) is 12.5. The van der Waals surface area contributed by atoms with Gasteiger partial charge in [0, 0.05) is 5.56 Å². The minimum Gasteiger partial charge on any atom is -0.294 e. The molecule has 3 aromatic rings. The van der Waals surface area contributed by atoms with Gasteiger partial charge in [0.2, 0.25) is 11.9 Å². The number of nitrogens with zero attached hydrogens (tertiary/aromatic N) is 2. The first-order chi connectivity index (χ1) is 11.1. The first-order valence-corrected chi connectivity index (χ1v) is 7.16. The van der Waals surface area contributed by atoms with Crippen molar-refractivity contribution in [1.29, 1.82) is 0 Å². The van der Waals surface area contributed by atoms with E-state index in [9.17, 15) is 9.18 Å². The number of carbonyl (C=O) groups excluding carboxylic acids is 1. The molecule has 1 aromatic heterocycles. The van der Waals surface area contributed by atoms with Gasteiger partial charge < -0.3 is 0 Å². The van der Waals surface area contributed by atoms with Crippen molar-refractivity contribution in [3.63, 3.8) is 0 Å². The van der Waals surface area contributed by atoms with E-state index in [1.807, 2.05) is 30.3 Å². The Hall–Kier alpha value is -3.02. The smallest absolute Gasteiger partial charge is 0.233 e. The molecule has 2 aromatic carbocycles. The predicted octanol–water partition coefficient (Wildman–Crippen LogP) is 3.35. The van der Waals surface area contributed by atoms with Crippen LogP contribution in [0.4, 0.5) is 10.3 Å². The van der Waals surface area contributed by atoms with Crippen molar-refractivity contribution < 1.29 is 9.18 Å². The maximum atomic E-state index is 14.4. The second kappa shape index (κ2) is 6.39. The second-order valence-corrected chi connectivity index (χ2v) is 5.15. The van der Waals surface area contributed by atoms with Gasteiger partial charge in [-0.25, -0.2) is 9.49 Å². The summed E-state index contributed by atoms with van der Waals surface area (Å²) < 4.78 is 14.4. The molecule has 116 valence electrons. The minimum absolute atomic E-state index is 0.267. The lowest BCUT2D eigenvalue weighted by atomic mass is 9.96. The third kappa shape index (κ3) is 3.26. The standard InChI is InChI=1S/C17H15FN4O/c1-11(16(23)21-17-19-10-20-22-17)13-7-8-14(15(18)9-13)12-5-3-2-4-6-12/h2-11H,1H3,(H2,19,20,21,22,23). The summed E-state index contributed by atoms with van der Waals surface area (Å²) in [6, 6.07) is 14.1. The van der Waals surface area contributed by atoms with Crippen LogP contribution in [0.25, 0.3) is 11.1 Å². The van der Waals surface area contributed by atoms with Crippen LogP contribution in [0.5, 0.6) is 0 Å². The lowest BCUT2D eigenvalue weighted by molar-refractivity contribution is -0.117. The molecule has 1 unspecified atom stereocenters. The van der Waals surface area contributed by atoms with Crippen LogP contribution in [0, 0.1) is 5.82 Å². The molecule has 0 aliphatic heterocycles. The van der Waals surface area contributed by atoms with E-state index in [0.29, 0.717) is 11.1 Å². The van der Waals surface area contributed by atoms with E-state index in [1.54, 1.807) is 19.1 Å². The molecule has 3 rings (SSSR count). The summed E-state index contributed by atoms with van der Waals surface area (Å²) >= 11 is 0. The predicted molar refractivity (Wildman–Crippen MR) is 85.3 cm³/mol. The van der Waals surface area contributed by atoms with E-state index in [4.69, 9.17) is 0 Å². The number of carbonyl (C=O) groups is 1. The fraction of sp³-hybridized carbons (Fsp3) is 0.118. The number of rotatable bonds is 4. The molecule has 1 atom stereocenters. The van der Waals surface area contributed by atoms with Crippen molar-refractivity contribution in [1.82, 2.24) is 15.2 Å². The SMILES string of the molecule is CC(C(=O)Nc1ncn[nH]1)c1ccc(-c2ccccc2)c(F)c1. The van der Waals surface area contributed by atoms with E-state index >= 15 is 0 Å². The fourth-order valence-electron chi connectivity index (χ4n) is 2.29. The van der Waals surface area contributed by atoms with Crippen LogP contribution in [0.2, 0.25) is 0 Å². The number of hydrogen-bond acceptors (Lipinski definition) is 3. The van der Waals surface area contributed by atoms with Crippen LogP contribution in [0.3, 0.4) is 0 Å². The molecule has 0 saturated carbocycles. The summed E-state index contributed by atoms with van der Waals surface area (Å²) in [4.78, 5) is 16.0. The van der Waals surface area contributed by atoms with Gasteiger partial charge in [-0.2, -0.15) is 10.1 Å². The maximum Gasteiger partial charge on any atom is 0.233 e. The Balaban J connectivity index is 1.81. The topological polar surface area (TPSA) is 70.7 Å². The van der Waals surface area contributed by atoms with Crippen LogP contribution in [-0.4, -0.2) is 21.1 Å². The third-order valence-corrected chi connectivity index (χ3v) is 3.63. The molecule has 23 heavy (non-hydrogen) atoms. The number of halogens is 1. The molecule has 0 spiro atoms. The number of H-pyrrole nitrogens is 1. The van der Waals surface area contributed by atoms with Gasteiger partial charge >= 0.3 is 0 Å². The van der Waals surface area contributed by atoms with Crippen molar-refractivity contribution in [2.45, 2.75) is 12.8 Å². The lowest BCUT2D eigenvalue weighted by Crippen LogP contribution is -2.19. The molecular formula is C17H15FN4O. The summed E-state index contributed by atoms with van der Waals surface area (Å²) in [7, 11) is 0. The van der Waals surface area contributed by atoms with Crippen LogP contribution in [0.1, 0.15) is 18.4 Å². The molecule has 6 heteroatoms. The van der Waals surface area contributed by atoms with Crippen LogP contribution in [-0.2, 0) is 4.79 Å². The molecule has 0 radical (unpaired) electrons. The average Bonchev–Trinajstić information content (AvgIpc) is 3.07. The van der Waals surface area contributed by atoms with Gasteiger partial charge in [-0.3, -0.25) is 10.1 Å². The molecule has 0 fully saturated rings. The first kappa shape index (κ1) is 14.9. The van der Waals surface area contributed by atoms with Crippen molar-refractivity contribution in [3.05, 3.63) is 66.2 Å².